The molecule has 12 aromatic rings. The molecule has 0 radical (unpaired) electrons. The minimum atomic E-state index is -0.567. The summed E-state index contributed by atoms with van der Waals surface area (Å²) in [5.74, 6) is 1.79. The molecule has 2 heterocycles. The van der Waals surface area contributed by atoms with Crippen molar-refractivity contribution in [1.29, 1.82) is 0 Å². The SMILES string of the molecule is c1ccc2c(c1)Oc1ccccc1C21c2ccccc2-c2cc(N(c3ccc4c5ccccc5c5ccccc5c4c3)c3cccc4c3-c3ccccc3C43c4ccccc4Sc4ccccc43)ccc21. The molecule has 330 valence electrons. The van der Waals surface area contributed by atoms with Gasteiger partial charge in [-0.25, -0.2) is 0 Å². The van der Waals surface area contributed by atoms with Crippen LogP contribution in [0.4, 0.5) is 17.1 Å². The zero-order valence-electron chi connectivity index (χ0n) is 38.4. The average molecular weight is 920 g/mol. The average Bonchev–Trinajstić information content (AvgIpc) is 3.90. The summed E-state index contributed by atoms with van der Waals surface area (Å²) in [6.07, 6.45) is 0. The standard InChI is InChI=1S/C68H41NOS/c1-2-20-46-44(18-1)45-19-3-4-21-47(45)51-40-42(36-38-48(46)51)69(43-37-39-55-52(41-43)49-22-5-7-24-53(49)67(55)56-26-9-13-32-62(56)70-63-33-14-10-27-57(63)67)61-31-17-30-60-66(61)50-23-6-8-25-54(50)68(60)58-28-11-15-34-64(58)71-65-35-16-12-29-59(65)68/h1-41H. The predicted molar refractivity (Wildman–Crippen MR) is 292 cm³/mol. The maximum atomic E-state index is 6.72. The zero-order chi connectivity index (χ0) is 46.4. The third kappa shape index (κ3) is 5.03. The molecule has 0 fully saturated rings. The van der Waals surface area contributed by atoms with Crippen molar-refractivity contribution in [2.45, 2.75) is 20.6 Å². The molecule has 0 unspecified atom stereocenters. The highest BCUT2D eigenvalue weighted by atomic mass is 32.2. The molecule has 12 aromatic carbocycles. The Balaban J connectivity index is 1.01. The predicted octanol–water partition coefficient (Wildman–Crippen LogP) is 17.9. The van der Waals surface area contributed by atoms with Crippen LogP contribution in [-0.2, 0) is 10.8 Å². The van der Waals surface area contributed by atoms with Crippen molar-refractivity contribution in [3.05, 3.63) is 293 Å². The van der Waals surface area contributed by atoms with Gasteiger partial charge in [-0.05, 0) is 137 Å². The second-order valence-electron chi connectivity index (χ2n) is 19.4. The molecule has 0 saturated heterocycles. The summed E-state index contributed by atoms with van der Waals surface area (Å²) in [5, 5.41) is 7.54. The van der Waals surface area contributed by atoms with Gasteiger partial charge in [-0.15, -0.1) is 0 Å². The Bertz CT molecular complexity index is 4150. The first-order chi connectivity index (χ1) is 35.2. The summed E-state index contributed by atoms with van der Waals surface area (Å²) in [6.45, 7) is 0. The van der Waals surface area contributed by atoms with E-state index in [9.17, 15) is 0 Å². The van der Waals surface area contributed by atoms with E-state index in [2.05, 4.69) is 254 Å². The quantitative estimate of drug-likeness (QED) is 0.164. The lowest BCUT2D eigenvalue weighted by atomic mass is 9.66. The van der Waals surface area contributed by atoms with Crippen molar-refractivity contribution in [1.82, 2.24) is 0 Å². The molecule has 2 aliphatic carbocycles. The Morgan fingerprint density at radius 3 is 1.38 bits per heavy atom. The number of ether oxygens (including phenoxy) is 1. The molecule has 3 heteroatoms. The Morgan fingerprint density at radius 2 is 0.732 bits per heavy atom. The highest BCUT2D eigenvalue weighted by Gasteiger charge is 2.53. The first-order valence-corrected chi connectivity index (χ1v) is 25.4. The fraction of sp³-hybridized carbons (Fsp3) is 0.0294. The molecule has 0 N–H and O–H groups in total. The van der Waals surface area contributed by atoms with Crippen LogP contribution in [0.15, 0.2) is 259 Å². The summed E-state index contributed by atoms with van der Waals surface area (Å²) in [6, 6.07) is 93.0. The summed E-state index contributed by atoms with van der Waals surface area (Å²) in [4.78, 5) is 5.16. The minimum Gasteiger partial charge on any atom is -0.457 e. The van der Waals surface area contributed by atoms with E-state index < -0.39 is 10.8 Å². The molecule has 0 amide bonds. The fourth-order valence-corrected chi connectivity index (χ4v) is 14.7. The van der Waals surface area contributed by atoms with Crippen LogP contribution in [0.1, 0.15) is 44.5 Å². The lowest BCUT2D eigenvalue weighted by Crippen LogP contribution is -2.32. The number of fused-ring (bicyclic) bond motifs is 24. The highest BCUT2D eigenvalue weighted by molar-refractivity contribution is 7.99. The third-order valence-corrected chi connectivity index (χ3v) is 17.3. The smallest absolute Gasteiger partial charge is 0.132 e. The summed E-state index contributed by atoms with van der Waals surface area (Å²) in [5.41, 5.74) is 17.4. The van der Waals surface area contributed by atoms with Crippen LogP contribution in [0.5, 0.6) is 11.5 Å². The van der Waals surface area contributed by atoms with E-state index in [-0.39, 0.29) is 0 Å². The van der Waals surface area contributed by atoms with E-state index in [1.54, 1.807) is 0 Å². The molecule has 0 bridgehead atoms. The van der Waals surface area contributed by atoms with Gasteiger partial charge in [0.05, 0.1) is 16.5 Å². The first-order valence-electron chi connectivity index (χ1n) is 24.6. The number of nitrogens with zero attached hydrogens (tertiary/aromatic N) is 1. The highest BCUT2D eigenvalue weighted by Crippen LogP contribution is 2.66. The van der Waals surface area contributed by atoms with Crippen LogP contribution in [0.3, 0.4) is 0 Å². The summed E-state index contributed by atoms with van der Waals surface area (Å²) >= 11 is 1.89. The Morgan fingerprint density at radius 1 is 0.296 bits per heavy atom. The number of rotatable bonds is 3. The second kappa shape index (κ2) is 14.5. The van der Waals surface area contributed by atoms with Gasteiger partial charge in [-0.2, -0.15) is 0 Å². The van der Waals surface area contributed by atoms with Crippen molar-refractivity contribution >= 4 is 61.1 Å². The van der Waals surface area contributed by atoms with Crippen LogP contribution >= 0.6 is 11.8 Å². The van der Waals surface area contributed by atoms with Crippen LogP contribution in [0.25, 0.3) is 54.6 Å². The Labute approximate surface area is 416 Å². The normalized spacial score (nSPS) is 14.5. The van der Waals surface area contributed by atoms with E-state index in [0.717, 1.165) is 39.7 Å². The topological polar surface area (TPSA) is 12.5 Å². The molecule has 71 heavy (non-hydrogen) atoms. The van der Waals surface area contributed by atoms with E-state index in [1.165, 1.54) is 97.7 Å². The molecule has 2 aliphatic heterocycles. The number of benzene rings is 12. The number of hydrogen-bond acceptors (Lipinski definition) is 3. The lowest BCUT2D eigenvalue weighted by molar-refractivity contribution is 0.436. The van der Waals surface area contributed by atoms with Gasteiger partial charge in [0.15, 0.2) is 0 Å². The molecule has 0 saturated carbocycles. The van der Waals surface area contributed by atoms with Crippen LogP contribution in [-0.4, -0.2) is 0 Å². The second-order valence-corrected chi connectivity index (χ2v) is 20.4. The molecule has 0 atom stereocenters. The maximum Gasteiger partial charge on any atom is 0.132 e. The Kier molecular flexibility index (Phi) is 7.99. The van der Waals surface area contributed by atoms with Gasteiger partial charge < -0.3 is 9.64 Å². The van der Waals surface area contributed by atoms with Gasteiger partial charge in [0.1, 0.15) is 11.5 Å². The molecular weight excluding hydrogens is 879 g/mol. The van der Waals surface area contributed by atoms with Crippen molar-refractivity contribution < 1.29 is 4.74 Å². The molecule has 16 rings (SSSR count). The molecular formula is C68H41NOS. The summed E-state index contributed by atoms with van der Waals surface area (Å²) in [7, 11) is 0. The first kappa shape index (κ1) is 39.2. The van der Waals surface area contributed by atoms with E-state index in [0.29, 0.717) is 0 Å². The number of hydrogen-bond donors (Lipinski definition) is 0. The van der Waals surface area contributed by atoms with Gasteiger partial charge in [0, 0.05) is 37.9 Å². The minimum absolute atomic E-state index is 0.516. The third-order valence-electron chi connectivity index (χ3n) is 16.2. The van der Waals surface area contributed by atoms with Crippen LogP contribution in [0, 0.1) is 0 Å². The monoisotopic (exact) mass is 919 g/mol. The van der Waals surface area contributed by atoms with Crippen molar-refractivity contribution in [3.8, 4) is 33.8 Å². The van der Waals surface area contributed by atoms with Gasteiger partial charge in [0.2, 0.25) is 0 Å². The number of para-hydroxylation sites is 2. The van der Waals surface area contributed by atoms with Gasteiger partial charge in [-0.1, -0.05) is 206 Å². The maximum absolute atomic E-state index is 6.72. The molecule has 2 spiro atoms. The van der Waals surface area contributed by atoms with Crippen molar-refractivity contribution in [3.63, 3.8) is 0 Å². The number of anilines is 3. The lowest BCUT2D eigenvalue weighted by Gasteiger charge is -2.40. The molecule has 0 aromatic heterocycles. The van der Waals surface area contributed by atoms with Gasteiger partial charge in [0.25, 0.3) is 0 Å². The zero-order valence-corrected chi connectivity index (χ0v) is 39.3. The van der Waals surface area contributed by atoms with E-state index in [1.807, 2.05) is 11.8 Å². The molecule has 2 nitrogen and oxygen atoms in total. The largest absolute Gasteiger partial charge is 0.457 e. The summed E-state index contributed by atoms with van der Waals surface area (Å²) < 4.78 is 6.72. The molecule has 4 aliphatic rings. The van der Waals surface area contributed by atoms with E-state index >= 15 is 0 Å². The van der Waals surface area contributed by atoms with Gasteiger partial charge >= 0.3 is 0 Å². The van der Waals surface area contributed by atoms with Crippen molar-refractivity contribution in [2.75, 3.05) is 4.90 Å². The van der Waals surface area contributed by atoms with Crippen molar-refractivity contribution in [2.24, 2.45) is 0 Å². The Hall–Kier alpha value is -8.63. The van der Waals surface area contributed by atoms with E-state index in [4.69, 9.17) is 4.74 Å². The fourth-order valence-electron chi connectivity index (χ4n) is 13.5. The van der Waals surface area contributed by atoms with Gasteiger partial charge in [-0.3, -0.25) is 0 Å². The van der Waals surface area contributed by atoms with Crippen LogP contribution in [0.2, 0.25) is 0 Å². The van der Waals surface area contributed by atoms with Crippen LogP contribution < -0.4 is 9.64 Å².